The Kier molecular flexibility index (Phi) is 8.91. The molecule has 8 heteroatoms. The van der Waals surface area contributed by atoms with Crippen molar-refractivity contribution in [3.8, 4) is 0 Å². The highest BCUT2D eigenvalue weighted by Crippen LogP contribution is 2.60. The van der Waals surface area contributed by atoms with E-state index in [1.807, 2.05) is 48.0 Å². The molecule has 214 valence electrons. The van der Waals surface area contributed by atoms with Gasteiger partial charge in [-0.05, 0) is 84.2 Å². The molecule has 3 heterocycles. The molecular formula is C31H46N2O5Si. The molecule has 0 unspecified atom stereocenters. The fourth-order valence-electron chi connectivity index (χ4n) is 6.83. The molecule has 0 bridgehead atoms. The van der Waals surface area contributed by atoms with Gasteiger partial charge in [0.15, 0.2) is 13.9 Å². The number of carbonyl (C=O) groups is 2. The zero-order chi connectivity index (χ0) is 28.5. The Balaban J connectivity index is 1.77. The third kappa shape index (κ3) is 5.66. The predicted molar refractivity (Wildman–Crippen MR) is 158 cm³/mol. The molecule has 2 fully saturated rings. The summed E-state index contributed by atoms with van der Waals surface area (Å²) in [4.78, 5) is 42.2. The number of carbonyl (C=O) groups excluding carboxylic acids is 2. The summed E-state index contributed by atoms with van der Waals surface area (Å²) in [5.74, 6) is -0.303. The maximum absolute atomic E-state index is 14.4. The number of fused-ring (bicyclic) bond motifs is 2. The number of allylic oxidation sites excluding steroid dienone is 3. The molecule has 2 N–H and O–H groups in total. The minimum absolute atomic E-state index is 0.0743. The summed E-state index contributed by atoms with van der Waals surface area (Å²) < 4.78 is 6.73. The van der Waals surface area contributed by atoms with Crippen LogP contribution < -0.4 is 9.80 Å². The highest BCUT2D eigenvalue weighted by molar-refractivity contribution is 6.71. The lowest BCUT2D eigenvalue weighted by molar-refractivity contribution is -0.146. The van der Waals surface area contributed by atoms with Gasteiger partial charge in [-0.3, -0.25) is 9.59 Å². The Hall–Kier alpha value is -2.26. The van der Waals surface area contributed by atoms with E-state index in [2.05, 4.69) is 32.9 Å². The van der Waals surface area contributed by atoms with E-state index < -0.39 is 20.0 Å². The number of anilines is 2. The van der Waals surface area contributed by atoms with Crippen molar-refractivity contribution < 1.29 is 24.2 Å². The van der Waals surface area contributed by atoms with Gasteiger partial charge in [-0.15, -0.1) is 0 Å². The maximum Gasteiger partial charge on any atom is 0.264 e. The lowest BCUT2D eigenvalue weighted by Gasteiger charge is -2.33. The van der Waals surface area contributed by atoms with Crippen molar-refractivity contribution in [1.29, 1.82) is 0 Å². The summed E-state index contributed by atoms with van der Waals surface area (Å²) in [7, 11) is -2.76. The van der Waals surface area contributed by atoms with Crippen LogP contribution >= 0.6 is 0 Å². The topological polar surface area (TPSA) is 90.3 Å². The van der Waals surface area contributed by atoms with Gasteiger partial charge >= 0.3 is 0 Å². The molecular weight excluding hydrogens is 508 g/mol. The standard InChI is InChI=1S/C31H46N2O5Si/c1-21(2)10-9-11-22(3)15-18-33-26-14-13-24(32-17-8-7-12-28(32)35)20-25(26)31(30(33)36)23(4)29(39(5,6)37)27(38-31)16-19-34/h10,13-15,20,23,27,29,34,37H,7-9,11-12,16-19H2,1-6H3/b22-15+/t23-,27+,29-,31+/m0/s1. The zero-order valence-electron chi connectivity index (χ0n) is 24.5. The molecule has 0 aliphatic carbocycles. The van der Waals surface area contributed by atoms with Crippen molar-refractivity contribution in [2.75, 3.05) is 29.5 Å². The van der Waals surface area contributed by atoms with Gasteiger partial charge in [0.25, 0.3) is 5.91 Å². The molecule has 4 rings (SSSR count). The third-order valence-electron chi connectivity index (χ3n) is 8.73. The normalized spacial score (nSPS) is 27.5. The SMILES string of the molecule is CC(C)=CCC/C(C)=C/CN1C(=O)[C@]2(O[C@H](CCO)[C@@H]([Si](C)(C)O)[C@@H]2C)c2cc(N3CCCCC3=O)ccc21. The minimum atomic E-state index is -2.76. The van der Waals surface area contributed by atoms with E-state index in [-0.39, 0.29) is 29.9 Å². The molecule has 2 amide bonds. The predicted octanol–water partition coefficient (Wildman–Crippen LogP) is 5.42. The number of aliphatic hydroxyl groups is 1. The van der Waals surface area contributed by atoms with Gasteiger partial charge in [-0.1, -0.05) is 30.2 Å². The van der Waals surface area contributed by atoms with Crippen molar-refractivity contribution in [3.05, 3.63) is 47.1 Å². The second-order valence-corrected chi connectivity index (χ2v) is 16.3. The van der Waals surface area contributed by atoms with Gasteiger partial charge in [0.05, 0.1) is 11.8 Å². The van der Waals surface area contributed by atoms with Crippen molar-refractivity contribution in [3.63, 3.8) is 0 Å². The molecule has 1 spiro atoms. The van der Waals surface area contributed by atoms with Crippen LogP contribution in [0.4, 0.5) is 11.4 Å². The Bertz CT molecular complexity index is 1150. The fraction of sp³-hybridized carbons (Fsp3) is 0.613. The summed E-state index contributed by atoms with van der Waals surface area (Å²) >= 11 is 0. The molecule has 1 aromatic rings. The average molecular weight is 555 g/mol. The number of ether oxygens (including phenoxy) is 1. The first-order valence-corrected chi connectivity index (χ1v) is 17.5. The second kappa shape index (κ2) is 11.7. The Morgan fingerprint density at radius 2 is 1.92 bits per heavy atom. The summed E-state index contributed by atoms with van der Waals surface area (Å²) in [5, 5.41) is 9.84. The van der Waals surface area contributed by atoms with E-state index in [1.54, 1.807) is 0 Å². The number of rotatable bonds is 9. The smallest absolute Gasteiger partial charge is 0.264 e. The average Bonchev–Trinajstić information content (AvgIpc) is 3.29. The van der Waals surface area contributed by atoms with E-state index in [4.69, 9.17) is 4.74 Å². The quantitative estimate of drug-likeness (QED) is 0.314. The summed E-state index contributed by atoms with van der Waals surface area (Å²) in [6, 6.07) is 5.87. The van der Waals surface area contributed by atoms with Gasteiger partial charge in [0, 0.05) is 48.8 Å². The Morgan fingerprint density at radius 1 is 1.18 bits per heavy atom. The Labute approximate surface area is 234 Å². The number of aliphatic hydroxyl groups excluding tert-OH is 1. The van der Waals surface area contributed by atoms with Gasteiger partial charge < -0.3 is 24.4 Å². The number of amides is 2. The van der Waals surface area contributed by atoms with Crippen LogP contribution in [0.25, 0.3) is 0 Å². The van der Waals surface area contributed by atoms with Crippen LogP contribution in [0.3, 0.4) is 0 Å². The maximum atomic E-state index is 14.4. The van der Waals surface area contributed by atoms with Gasteiger partial charge in [0.1, 0.15) is 0 Å². The first-order chi connectivity index (χ1) is 18.4. The van der Waals surface area contributed by atoms with Crippen LogP contribution in [0.2, 0.25) is 18.6 Å². The van der Waals surface area contributed by atoms with Crippen LogP contribution in [-0.2, 0) is 19.9 Å². The monoisotopic (exact) mass is 554 g/mol. The lowest BCUT2D eigenvalue weighted by Crippen LogP contribution is -2.46. The summed E-state index contributed by atoms with van der Waals surface area (Å²) in [6.07, 6.45) is 8.56. The molecule has 0 aromatic heterocycles. The van der Waals surface area contributed by atoms with Crippen molar-refractivity contribution >= 4 is 31.5 Å². The number of benzene rings is 1. The minimum Gasteiger partial charge on any atom is -0.432 e. The van der Waals surface area contributed by atoms with Crippen LogP contribution in [0.1, 0.15) is 71.8 Å². The summed E-state index contributed by atoms with van der Waals surface area (Å²) in [5.41, 5.74) is 3.41. The van der Waals surface area contributed by atoms with Crippen LogP contribution in [0.15, 0.2) is 41.5 Å². The first-order valence-electron chi connectivity index (χ1n) is 14.5. The summed E-state index contributed by atoms with van der Waals surface area (Å²) in [6.45, 7) is 13.1. The highest BCUT2D eigenvalue weighted by atomic mass is 28.4. The van der Waals surface area contributed by atoms with Crippen molar-refractivity contribution in [2.45, 2.75) is 96.6 Å². The third-order valence-corrected chi connectivity index (χ3v) is 11.2. The van der Waals surface area contributed by atoms with Crippen molar-refractivity contribution in [1.82, 2.24) is 0 Å². The molecule has 0 radical (unpaired) electrons. The number of nitrogens with zero attached hydrogens (tertiary/aromatic N) is 2. The van der Waals surface area contributed by atoms with E-state index in [1.165, 1.54) is 11.1 Å². The zero-order valence-corrected chi connectivity index (χ0v) is 25.5. The molecule has 2 saturated heterocycles. The number of piperidine rings is 1. The number of hydrogen-bond acceptors (Lipinski definition) is 5. The van der Waals surface area contributed by atoms with E-state index in [0.717, 1.165) is 42.6 Å². The second-order valence-electron chi connectivity index (χ2n) is 12.4. The molecule has 1 aromatic carbocycles. The molecule has 0 saturated carbocycles. The van der Waals surface area contributed by atoms with Crippen LogP contribution in [0, 0.1) is 5.92 Å². The van der Waals surface area contributed by atoms with Crippen molar-refractivity contribution in [2.24, 2.45) is 5.92 Å². The molecule has 7 nitrogen and oxygen atoms in total. The molecule has 3 aliphatic heterocycles. The Morgan fingerprint density at radius 3 is 2.56 bits per heavy atom. The van der Waals surface area contributed by atoms with E-state index in [9.17, 15) is 19.5 Å². The highest BCUT2D eigenvalue weighted by Gasteiger charge is 2.66. The molecule has 39 heavy (non-hydrogen) atoms. The fourth-order valence-corrected chi connectivity index (χ4v) is 9.43. The van der Waals surface area contributed by atoms with Gasteiger partial charge in [-0.25, -0.2) is 0 Å². The van der Waals surface area contributed by atoms with Crippen LogP contribution in [0.5, 0.6) is 0 Å². The molecule has 3 aliphatic rings. The number of hydrogen-bond donors (Lipinski definition) is 2. The van der Waals surface area contributed by atoms with Gasteiger partial charge in [-0.2, -0.15) is 0 Å². The van der Waals surface area contributed by atoms with Gasteiger partial charge in [0.2, 0.25) is 5.91 Å². The van der Waals surface area contributed by atoms with E-state index in [0.29, 0.717) is 25.9 Å². The van der Waals surface area contributed by atoms with E-state index >= 15 is 0 Å². The lowest BCUT2D eigenvalue weighted by atomic mass is 9.82. The molecule has 4 atom stereocenters. The largest absolute Gasteiger partial charge is 0.432 e. The first kappa shape index (κ1) is 29.7. The van der Waals surface area contributed by atoms with Crippen LogP contribution in [-0.4, -0.2) is 55.8 Å².